The number of carbonyl (C=O) groups is 1. The molecule has 4 nitrogen and oxygen atoms in total. The van der Waals surface area contributed by atoms with Gasteiger partial charge in [0.05, 0.1) is 12.7 Å². The van der Waals surface area contributed by atoms with E-state index in [2.05, 4.69) is 0 Å². The lowest BCUT2D eigenvalue weighted by Crippen LogP contribution is -2.09. The van der Waals surface area contributed by atoms with Crippen molar-refractivity contribution in [3.05, 3.63) is 41.5 Å². The molecule has 0 spiro atoms. The summed E-state index contributed by atoms with van der Waals surface area (Å²) >= 11 is 0. The van der Waals surface area contributed by atoms with Crippen LogP contribution in [0.25, 0.3) is 0 Å². The maximum absolute atomic E-state index is 11.4. The van der Waals surface area contributed by atoms with Crippen molar-refractivity contribution in [3.63, 3.8) is 0 Å². The Kier molecular flexibility index (Phi) is 3.15. The van der Waals surface area contributed by atoms with E-state index in [0.29, 0.717) is 16.9 Å². The molecule has 2 unspecified atom stereocenters. The van der Waals surface area contributed by atoms with Crippen molar-refractivity contribution in [2.75, 3.05) is 7.11 Å². The van der Waals surface area contributed by atoms with Gasteiger partial charge in [-0.1, -0.05) is 12.1 Å². The van der Waals surface area contributed by atoms with E-state index in [0.717, 1.165) is 0 Å². The molecule has 0 saturated carbocycles. The fourth-order valence-corrected chi connectivity index (χ4v) is 1.76. The number of esters is 1. The van der Waals surface area contributed by atoms with Crippen molar-refractivity contribution in [1.29, 1.82) is 0 Å². The van der Waals surface area contributed by atoms with E-state index in [1.807, 2.05) is 0 Å². The highest BCUT2D eigenvalue weighted by atomic mass is 16.5. The lowest BCUT2D eigenvalue weighted by molar-refractivity contribution is -0.139. The van der Waals surface area contributed by atoms with Gasteiger partial charge in [-0.25, -0.2) is 4.79 Å². The van der Waals surface area contributed by atoms with Crippen LogP contribution in [0.1, 0.15) is 18.6 Å². The van der Waals surface area contributed by atoms with Crippen LogP contribution in [0.3, 0.4) is 0 Å². The molecule has 17 heavy (non-hydrogen) atoms. The first-order valence-corrected chi connectivity index (χ1v) is 5.36. The summed E-state index contributed by atoms with van der Waals surface area (Å²) in [5, 5.41) is 10.1. The van der Waals surface area contributed by atoms with Crippen LogP contribution < -0.4 is 4.74 Å². The fraction of sp³-hybridized carbons (Fsp3) is 0.308. The normalized spacial score (nSPS) is 20.8. The molecule has 0 bridgehead atoms. The molecule has 0 fully saturated rings. The topological polar surface area (TPSA) is 55.8 Å². The SMILES string of the molecule is COc1ccc(C(O)C2=CC(C)OC2=O)cc1. The van der Waals surface area contributed by atoms with E-state index >= 15 is 0 Å². The van der Waals surface area contributed by atoms with Crippen molar-refractivity contribution < 1.29 is 19.4 Å². The van der Waals surface area contributed by atoms with Crippen LogP contribution in [0, 0.1) is 0 Å². The van der Waals surface area contributed by atoms with E-state index in [9.17, 15) is 9.90 Å². The van der Waals surface area contributed by atoms with Crippen molar-refractivity contribution >= 4 is 5.97 Å². The summed E-state index contributed by atoms with van der Waals surface area (Å²) < 4.78 is 9.97. The molecule has 0 aliphatic carbocycles. The number of hydrogen-bond acceptors (Lipinski definition) is 4. The van der Waals surface area contributed by atoms with Crippen LogP contribution in [0.4, 0.5) is 0 Å². The zero-order valence-corrected chi connectivity index (χ0v) is 9.71. The van der Waals surface area contributed by atoms with Gasteiger partial charge in [0.2, 0.25) is 0 Å². The minimum Gasteiger partial charge on any atom is -0.497 e. The Balaban J connectivity index is 2.22. The Hall–Kier alpha value is -1.81. The fourth-order valence-electron chi connectivity index (χ4n) is 1.76. The van der Waals surface area contributed by atoms with Crippen LogP contribution in [0.15, 0.2) is 35.9 Å². The summed E-state index contributed by atoms with van der Waals surface area (Å²) in [5.74, 6) is 0.248. The van der Waals surface area contributed by atoms with Gasteiger partial charge in [0.1, 0.15) is 18.0 Å². The molecule has 2 rings (SSSR count). The molecular weight excluding hydrogens is 220 g/mol. The third-order valence-corrected chi connectivity index (χ3v) is 2.67. The molecule has 1 N–H and O–H groups in total. The number of benzene rings is 1. The maximum atomic E-state index is 11.4. The lowest BCUT2D eigenvalue weighted by atomic mass is 10.0. The number of hydrogen-bond donors (Lipinski definition) is 1. The largest absolute Gasteiger partial charge is 0.497 e. The number of ether oxygens (including phenoxy) is 2. The molecule has 1 aromatic carbocycles. The minimum absolute atomic E-state index is 0.273. The smallest absolute Gasteiger partial charge is 0.337 e. The van der Waals surface area contributed by atoms with Crippen molar-refractivity contribution in [3.8, 4) is 5.75 Å². The van der Waals surface area contributed by atoms with Gasteiger partial charge in [-0.2, -0.15) is 0 Å². The van der Waals surface area contributed by atoms with Crippen LogP contribution in [-0.4, -0.2) is 24.3 Å². The Labute approximate surface area is 99.5 Å². The standard InChI is InChI=1S/C13H14O4/c1-8-7-11(13(15)17-8)12(14)9-3-5-10(16-2)6-4-9/h3-8,12,14H,1-2H3. The molecule has 0 aromatic heterocycles. The molecule has 1 aliphatic heterocycles. The Bertz CT molecular complexity index is 447. The highest BCUT2D eigenvalue weighted by molar-refractivity contribution is 5.92. The lowest BCUT2D eigenvalue weighted by Gasteiger charge is -2.10. The molecule has 1 aliphatic rings. The van der Waals surface area contributed by atoms with Crippen molar-refractivity contribution in [2.45, 2.75) is 19.1 Å². The predicted molar refractivity (Wildman–Crippen MR) is 61.6 cm³/mol. The third kappa shape index (κ3) is 2.31. The first-order chi connectivity index (χ1) is 8.11. The molecular formula is C13H14O4. The molecule has 0 radical (unpaired) electrons. The molecule has 1 aromatic rings. The molecule has 1 heterocycles. The van der Waals surface area contributed by atoms with Gasteiger partial charge in [0.15, 0.2) is 0 Å². The Morgan fingerprint density at radius 1 is 1.35 bits per heavy atom. The van der Waals surface area contributed by atoms with Gasteiger partial charge in [-0.05, 0) is 30.7 Å². The average molecular weight is 234 g/mol. The van der Waals surface area contributed by atoms with E-state index in [4.69, 9.17) is 9.47 Å². The molecule has 2 atom stereocenters. The summed E-state index contributed by atoms with van der Waals surface area (Å²) in [6.07, 6.45) is 0.417. The van der Waals surface area contributed by atoms with Gasteiger partial charge >= 0.3 is 5.97 Å². The van der Waals surface area contributed by atoms with Crippen molar-refractivity contribution in [1.82, 2.24) is 0 Å². The highest BCUT2D eigenvalue weighted by Crippen LogP contribution is 2.28. The summed E-state index contributed by atoms with van der Waals surface area (Å²) in [6, 6.07) is 6.92. The summed E-state index contributed by atoms with van der Waals surface area (Å²) in [5.41, 5.74) is 0.936. The second kappa shape index (κ2) is 4.59. The Morgan fingerprint density at radius 2 is 2.00 bits per heavy atom. The summed E-state index contributed by atoms with van der Waals surface area (Å²) in [6.45, 7) is 1.76. The first kappa shape index (κ1) is 11.7. The second-order valence-electron chi connectivity index (χ2n) is 3.91. The number of aliphatic hydroxyl groups is 1. The van der Waals surface area contributed by atoms with E-state index in [1.165, 1.54) is 0 Å². The van der Waals surface area contributed by atoms with E-state index in [-0.39, 0.29) is 6.10 Å². The molecule has 0 saturated heterocycles. The highest BCUT2D eigenvalue weighted by Gasteiger charge is 2.28. The Morgan fingerprint density at radius 3 is 2.47 bits per heavy atom. The second-order valence-corrected chi connectivity index (χ2v) is 3.91. The molecule has 90 valence electrons. The molecule has 0 amide bonds. The van der Waals surface area contributed by atoms with Gasteiger partial charge in [-0.3, -0.25) is 0 Å². The van der Waals surface area contributed by atoms with Gasteiger partial charge in [-0.15, -0.1) is 0 Å². The zero-order chi connectivity index (χ0) is 12.4. The monoisotopic (exact) mass is 234 g/mol. The predicted octanol–water partition coefficient (Wildman–Crippen LogP) is 1.60. The average Bonchev–Trinajstić information content (AvgIpc) is 2.68. The van der Waals surface area contributed by atoms with Gasteiger partial charge in [0.25, 0.3) is 0 Å². The summed E-state index contributed by atoms with van der Waals surface area (Å²) in [4.78, 5) is 11.4. The number of rotatable bonds is 3. The summed E-state index contributed by atoms with van der Waals surface area (Å²) in [7, 11) is 1.57. The zero-order valence-electron chi connectivity index (χ0n) is 9.71. The quantitative estimate of drug-likeness (QED) is 0.807. The van der Waals surface area contributed by atoms with E-state index in [1.54, 1.807) is 44.4 Å². The third-order valence-electron chi connectivity index (χ3n) is 2.67. The van der Waals surface area contributed by atoms with E-state index < -0.39 is 12.1 Å². The van der Waals surface area contributed by atoms with Crippen molar-refractivity contribution in [2.24, 2.45) is 0 Å². The first-order valence-electron chi connectivity index (χ1n) is 5.36. The van der Waals surface area contributed by atoms with Crippen LogP contribution in [0.5, 0.6) is 5.75 Å². The minimum atomic E-state index is -0.946. The van der Waals surface area contributed by atoms with Crippen LogP contribution in [-0.2, 0) is 9.53 Å². The number of aliphatic hydroxyl groups excluding tert-OH is 1. The van der Waals surface area contributed by atoms with Crippen LogP contribution >= 0.6 is 0 Å². The van der Waals surface area contributed by atoms with Crippen LogP contribution in [0.2, 0.25) is 0 Å². The number of cyclic esters (lactones) is 1. The van der Waals surface area contributed by atoms with Gasteiger partial charge < -0.3 is 14.6 Å². The maximum Gasteiger partial charge on any atom is 0.337 e. The van der Waals surface area contributed by atoms with Gasteiger partial charge in [0, 0.05) is 0 Å². The number of methoxy groups -OCH3 is 1. The molecule has 4 heteroatoms. The number of carbonyl (C=O) groups excluding carboxylic acids is 1.